The molecule has 4 aromatic rings. The van der Waals surface area contributed by atoms with Crippen LogP contribution in [0.15, 0.2) is 109 Å². The topological polar surface area (TPSA) is 33.8 Å². The van der Waals surface area contributed by atoms with Gasteiger partial charge in [-0.1, -0.05) is 66.7 Å². The second-order valence-electron chi connectivity index (χ2n) is 6.25. The highest BCUT2D eigenvalue weighted by molar-refractivity contribution is 5.99. The second-order valence-corrected chi connectivity index (χ2v) is 6.25. The summed E-state index contributed by atoms with van der Waals surface area (Å²) in [4.78, 5) is 18.0. The maximum atomic E-state index is 13.5. The number of rotatable bonds is 5. The van der Waals surface area contributed by atoms with Crippen LogP contribution in [0.2, 0.25) is 0 Å². The number of pyridine rings is 2. The maximum Gasteiger partial charge on any atom is 0.246 e. The van der Waals surface area contributed by atoms with Crippen LogP contribution in [0.4, 0.5) is 0 Å². The van der Waals surface area contributed by atoms with E-state index in [9.17, 15) is 4.79 Å². The molecule has 0 bridgehead atoms. The van der Waals surface area contributed by atoms with Crippen LogP contribution in [0.3, 0.4) is 0 Å². The average molecular weight is 431 g/mol. The van der Waals surface area contributed by atoms with Gasteiger partial charge >= 0.3 is 0 Å². The lowest BCUT2D eigenvalue weighted by molar-refractivity contribution is -0.688. The summed E-state index contributed by atoms with van der Waals surface area (Å²) in [5, 5.41) is 0. The first kappa shape index (κ1) is 19.6. The standard InChI is InChI=1S/C24H19N2O.BrH/c27-24(20-13-5-2-6-14-20)23(19-11-3-1-4-12-19)26-18-10-8-16-22(26)21-15-7-9-17-25-21;/h1-18,23H;1H/q+1;/p-1. The summed E-state index contributed by atoms with van der Waals surface area (Å²) < 4.78 is 2.01. The molecule has 2 aromatic carbocycles. The zero-order valence-electron chi connectivity index (χ0n) is 15.2. The summed E-state index contributed by atoms with van der Waals surface area (Å²) in [6, 6.07) is 30.6. The van der Waals surface area contributed by atoms with Crippen LogP contribution in [0.5, 0.6) is 0 Å². The van der Waals surface area contributed by atoms with Crippen molar-refractivity contribution < 1.29 is 26.3 Å². The molecule has 0 spiro atoms. The molecule has 28 heavy (non-hydrogen) atoms. The van der Waals surface area contributed by atoms with E-state index in [1.165, 1.54) is 0 Å². The fourth-order valence-corrected chi connectivity index (χ4v) is 3.25. The first-order chi connectivity index (χ1) is 13.3. The first-order valence-electron chi connectivity index (χ1n) is 8.90. The normalized spacial score (nSPS) is 11.3. The summed E-state index contributed by atoms with van der Waals surface area (Å²) >= 11 is 0. The fraction of sp³-hybridized carbons (Fsp3) is 0.0417. The van der Waals surface area contributed by atoms with Gasteiger partial charge in [-0.25, -0.2) is 4.98 Å². The van der Waals surface area contributed by atoms with Gasteiger partial charge in [-0.2, -0.15) is 4.57 Å². The Hall–Kier alpha value is -3.11. The van der Waals surface area contributed by atoms with E-state index in [1.807, 2.05) is 108 Å². The van der Waals surface area contributed by atoms with Crippen LogP contribution in [0.1, 0.15) is 22.0 Å². The molecule has 0 radical (unpaired) electrons. The van der Waals surface area contributed by atoms with E-state index < -0.39 is 6.04 Å². The van der Waals surface area contributed by atoms with Gasteiger partial charge < -0.3 is 17.0 Å². The lowest BCUT2D eigenvalue weighted by Crippen LogP contribution is -3.00. The summed E-state index contributed by atoms with van der Waals surface area (Å²) in [7, 11) is 0. The van der Waals surface area contributed by atoms with Crippen LogP contribution in [0.25, 0.3) is 11.4 Å². The second kappa shape index (κ2) is 9.20. The number of Topliss-reactive ketones (excluding diaryl/α,β-unsaturated/α-hetero) is 1. The minimum absolute atomic E-state index is 0. The van der Waals surface area contributed by atoms with Crippen molar-refractivity contribution in [3.8, 4) is 11.4 Å². The molecule has 2 heterocycles. The van der Waals surface area contributed by atoms with Crippen molar-refractivity contribution in [1.29, 1.82) is 0 Å². The molecule has 0 aliphatic heterocycles. The molecule has 2 aromatic heterocycles. The summed E-state index contributed by atoms with van der Waals surface area (Å²) in [6.07, 6.45) is 3.71. The fourth-order valence-electron chi connectivity index (χ4n) is 3.25. The van der Waals surface area contributed by atoms with Gasteiger partial charge in [0.25, 0.3) is 0 Å². The van der Waals surface area contributed by atoms with Crippen molar-refractivity contribution in [2.24, 2.45) is 0 Å². The Balaban J connectivity index is 0.00000225. The summed E-state index contributed by atoms with van der Waals surface area (Å²) in [5.41, 5.74) is 3.37. The molecule has 0 aliphatic rings. The van der Waals surface area contributed by atoms with Crippen molar-refractivity contribution in [3.05, 3.63) is 121 Å². The quantitative estimate of drug-likeness (QED) is 0.355. The third kappa shape index (κ3) is 4.07. The zero-order valence-corrected chi connectivity index (χ0v) is 16.7. The molecule has 0 fully saturated rings. The van der Waals surface area contributed by atoms with Gasteiger partial charge in [0.15, 0.2) is 6.20 Å². The van der Waals surface area contributed by atoms with Gasteiger partial charge in [0.1, 0.15) is 5.69 Å². The molecule has 3 nitrogen and oxygen atoms in total. The number of carbonyl (C=O) groups excluding carboxylic acids is 1. The highest BCUT2D eigenvalue weighted by atomic mass is 79.9. The van der Waals surface area contributed by atoms with Crippen LogP contribution < -0.4 is 21.5 Å². The van der Waals surface area contributed by atoms with E-state index in [1.54, 1.807) is 6.20 Å². The molecule has 0 saturated heterocycles. The monoisotopic (exact) mass is 430 g/mol. The van der Waals surface area contributed by atoms with E-state index in [2.05, 4.69) is 4.98 Å². The highest BCUT2D eigenvalue weighted by Crippen LogP contribution is 2.22. The predicted octanol–water partition coefficient (Wildman–Crippen LogP) is 1.51. The summed E-state index contributed by atoms with van der Waals surface area (Å²) in [5.74, 6) is 0.0511. The number of hydrogen-bond donors (Lipinski definition) is 0. The van der Waals surface area contributed by atoms with Crippen molar-refractivity contribution in [1.82, 2.24) is 4.98 Å². The van der Waals surface area contributed by atoms with E-state index in [0.29, 0.717) is 5.56 Å². The van der Waals surface area contributed by atoms with Gasteiger partial charge in [-0.3, -0.25) is 4.79 Å². The lowest BCUT2D eigenvalue weighted by Gasteiger charge is -2.15. The van der Waals surface area contributed by atoms with Gasteiger partial charge in [0, 0.05) is 29.5 Å². The van der Waals surface area contributed by atoms with Gasteiger partial charge in [0.2, 0.25) is 17.5 Å². The maximum absolute atomic E-state index is 13.5. The van der Waals surface area contributed by atoms with Crippen molar-refractivity contribution in [3.63, 3.8) is 0 Å². The molecule has 138 valence electrons. The molecule has 0 saturated carbocycles. The highest BCUT2D eigenvalue weighted by Gasteiger charge is 2.33. The van der Waals surface area contributed by atoms with E-state index in [-0.39, 0.29) is 22.8 Å². The minimum Gasteiger partial charge on any atom is -1.00 e. The van der Waals surface area contributed by atoms with Crippen LogP contribution >= 0.6 is 0 Å². The largest absolute Gasteiger partial charge is 1.00 e. The van der Waals surface area contributed by atoms with Crippen LogP contribution in [-0.4, -0.2) is 10.8 Å². The molecular formula is C24H19BrN2O. The number of hydrogen-bond acceptors (Lipinski definition) is 2. The Kier molecular flexibility index (Phi) is 6.45. The molecule has 1 unspecified atom stereocenters. The average Bonchev–Trinajstić information content (AvgIpc) is 2.76. The van der Waals surface area contributed by atoms with E-state index in [4.69, 9.17) is 0 Å². The van der Waals surface area contributed by atoms with Crippen molar-refractivity contribution in [2.45, 2.75) is 6.04 Å². The number of halogens is 1. The Morgan fingerprint density at radius 3 is 2.07 bits per heavy atom. The molecule has 4 heteroatoms. The molecule has 0 aliphatic carbocycles. The van der Waals surface area contributed by atoms with Crippen LogP contribution in [-0.2, 0) is 0 Å². The lowest BCUT2D eigenvalue weighted by atomic mass is 9.96. The van der Waals surface area contributed by atoms with E-state index >= 15 is 0 Å². The number of ketones is 1. The van der Waals surface area contributed by atoms with Gasteiger partial charge in [0.05, 0.1) is 0 Å². The van der Waals surface area contributed by atoms with E-state index in [0.717, 1.165) is 17.0 Å². The molecular weight excluding hydrogens is 412 g/mol. The van der Waals surface area contributed by atoms with Gasteiger partial charge in [-0.05, 0) is 18.2 Å². The predicted molar refractivity (Wildman–Crippen MR) is 105 cm³/mol. The van der Waals surface area contributed by atoms with Crippen LogP contribution in [0, 0.1) is 0 Å². The minimum atomic E-state index is -0.466. The number of carbonyl (C=O) groups is 1. The molecule has 0 amide bonds. The zero-order chi connectivity index (χ0) is 18.5. The Morgan fingerprint density at radius 2 is 1.39 bits per heavy atom. The third-order valence-electron chi connectivity index (χ3n) is 4.52. The molecule has 1 atom stereocenters. The Morgan fingerprint density at radius 1 is 0.750 bits per heavy atom. The molecule has 0 N–H and O–H groups in total. The number of aromatic nitrogens is 2. The van der Waals surface area contributed by atoms with Crippen molar-refractivity contribution in [2.75, 3.05) is 0 Å². The number of nitrogens with zero attached hydrogens (tertiary/aromatic N) is 2. The van der Waals surface area contributed by atoms with Crippen molar-refractivity contribution >= 4 is 5.78 Å². The smallest absolute Gasteiger partial charge is 0.246 e. The first-order valence-corrected chi connectivity index (χ1v) is 8.90. The summed E-state index contributed by atoms with van der Waals surface area (Å²) in [6.45, 7) is 0. The van der Waals surface area contributed by atoms with Gasteiger partial charge in [-0.15, -0.1) is 0 Å². The SMILES string of the molecule is O=C(c1ccccc1)C(c1ccccc1)[n+]1ccccc1-c1ccccn1.[Br-]. The molecule has 4 rings (SSSR count). The Labute approximate surface area is 175 Å². The third-order valence-corrected chi connectivity index (χ3v) is 4.52. The Bertz CT molecular complexity index is 1040. The number of benzene rings is 2.